The third-order valence-corrected chi connectivity index (χ3v) is 4.65. The van der Waals surface area contributed by atoms with Crippen LogP contribution < -0.4 is 11.1 Å². The number of carbonyl (C=O) groups excluding carboxylic acids is 1. The normalized spacial score (nSPS) is 10.6. The van der Waals surface area contributed by atoms with E-state index in [1.807, 2.05) is 59.2 Å². The van der Waals surface area contributed by atoms with Gasteiger partial charge in [-0.1, -0.05) is 53.7 Å². The van der Waals surface area contributed by atoms with E-state index >= 15 is 0 Å². The van der Waals surface area contributed by atoms with Crippen LogP contribution in [0.1, 0.15) is 5.82 Å². The Labute approximate surface area is 154 Å². The zero-order valence-electron chi connectivity index (χ0n) is 13.2. The maximum absolute atomic E-state index is 11.1. The molecule has 0 saturated carbocycles. The third kappa shape index (κ3) is 4.32. The van der Waals surface area contributed by atoms with Crippen molar-refractivity contribution >= 4 is 35.0 Å². The first-order valence-corrected chi connectivity index (χ1v) is 8.90. The fourth-order valence-corrected chi connectivity index (χ4v) is 3.17. The minimum Gasteiger partial charge on any atom is -0.377 e. The molecule has 1 amide bonds. The van der Waals surface area contributed by atoms with Gasteiger partial charge in [0.15, 0.2) is 11.0 Å². The second-order valence-electron chi connectivity index (χ2n) is 5.16. The van der Waals surface area contributed by atoms with Gasteiger partial charge in [-0.2, -0.15) is 0 Å². The van der Waals surface area contributed by atoms with Crippen LogP contribution in [0.5, 0.6) is 0 Å². The van der Waals surface area contributed by atoms with E-state index in [0.29, 0.717) is 22.5 Å². The molecule has 3 rings (SSSR count). The van der Waals surface area contributed by atoms with Gasteiger partial charge < -0.3 is 11.1 Å². The minimum atomic E-state index is -0.400. The highest BCUT2D eigenvalue weighted by Crippen LogP contribution is 2.24. The van der Waals surface area contributed by atoms with Crippen molar-refractivity contribution in [3.63, 3.8) is 0 Å². The second-order valence-corrected chi connectivity index (χ2v) is 6.51. The highest BCUT2D eigenvalue weighted by atomic mass is 35.5. The molecular weight excluding hydrogens is 358 g/mol. The first-order chi connectivity index (χ1) is 12.1. The van der Waals surface area contributed by atoms with Gasteiger partial charge in [-0.25, -0.2) is 0 Å². The van der Waals surface area contributed by atoms with Crippen LogP contribution in [0, 0.1) is 0 Å². The summed E-state index contributed by atoms with van der Waals surface area (Å²) in [5.74, 6) is 0.449. The summed E-state index contributed by atoms with van der Waals surface area (Å²) in [5, 5.41) is 13.0. The van der Waals surface area contributed by atoms with E-state index in [-0.39, 0.29) is 5.75 Å². The topological polar surface area (TPSA) is 85.8 Å². The number of rotatable bonds is 7. The summed E-state index contributed by atoms with van der Waals surface area (Å²) in [4.78, 5) is 11.1. The van der Waals surface area contributed by atoms with Crippen molar-refractivity contribution in [3.05, 3.63) is 65.4 Å². The summed E-state index contributed by atoms with van der Waals surface area (Å²) >= 11 is 7.43. The first kappa shape index (κ1) is 17.3. The molecule has 6 nitrogen and oxygen atoms in total. The minimum absolute atomic E-state index is 0.142. The SMILES string of the molecule is NC(=O)CSc1nnc(CNc2ccccc2Cl)n1-c1ccccc1. The molecule has 0 aliphatic heterocycles. The summed E-state index contributed by atoms with van der Waals surface area (Å²) in [5.41, 5.74) is 6.97. The fourth-order valence-electron chi connectivity index (χ4n) is 2.26. The van der Waals surface area contributed by atoms with Crippen LogP contribution in [0.15, 0.2) is 59.8 Å². The number of hydrogen-bond donors (Lipinski definition) is 2. The number of anilines is 1. The van der Waals surface area contributed by atoms with Gasteiger partial charge in [0, 0.05) is 5.69 Å². The van der Waals surface area contributed by atoms with E-state index in [4.69, 9.17) is 17.3 Å². The molecule has 0 aliphatic carbocycles. The highest BCUT2D eigenvalue weighted by Gasteiger charge is 2.15. The van der Waals surface area contributed by atoms with Gasteiger partial charge >= 0.3 is 0 Å². The zero-order valence-corrected chi connectivity index (χ0v) is 14.8. The number of aromatic nitrogens is 3. The molecule has 0 atom stereocenters. The van der Waals surface area contributed by atoms with Crippen molar-refractivity contribution in [3.8, 4) is 5.69 Å². The predicted octanol–water partition coefficient (Wildman–Crippen LogP) is 3.11. The van der Waals surface area contributed by atoms with Crippen molar-refractivity contribution in [1.29, 1.82) is 0 Å². The molecule has 0 saturated heterocycles. The van der Waals surface area contributed by atoms with E-state index in [0.717, 1.165) is 11.4 Å². The quantitative estimate of drug-likeness (QED) is 0.621. The van der Waals surface area contributed by atoms with Crippen molar-refractivity contribution < 1.29 is 4.79 Å². The van der Waals surface area contributed by atoms with E-state index in [9.17, 15) is 4.79 Å². The molecule has 2 aromatic carbocycles. The van der Waals surface area contributed by atoms with Crippen molar-refractivity contribution in [2.75, 3.05) is 11.1 Å². The van der Waals surface area contributed by atoms with Crippen molar-refractivity contribution in [1.82, 2.24) is 14.8 Å². The number of carbonyl (C=O) groups is 1. The number of halogens is 1. The summed E-state index contributed by atoms with van der Waals surface area (Å²) in [6.07, 6.45) is 0. The number of nitrogens with one attached hydrogen (secondary N) is 1. The van der Waals surface area contributed by atoms with Crippen LogP contribution in [0.25, 0.3) is 5.69 Å². The van der Waals surface area contributed by atoms with E-state index < -0.39 is 5.91 Å². The Kier molecular flexibility index (Phi) is 5.57. The molecule has 3 N–H and O–H groups in total. The number of para-hydroxylation sites is 2. The largest absolute Gasteiger partial charge is 0.377 e. The van der Waals surface area contributed by atoms with Gasteiger partial charge in [-0.15, -0.1) is 10.2 Å². The Morgan fingerprint density at radius 2 is 1.84 bits per heavy atom. The molecule has 0 bridgehead atoms. The number of amides is 1. The highest BCUT2D eigenvalue weighted by molar-refractivity contribution is 7.99. The zero-order chi connectivity index (χ0) is 17.6. The Morgan fingerprint density at radius 1 is 1.12 bits per heavy atom. The predicted molar refractivity (Wildman–Crippen MR) is 100 cm³/mol. The molecule has 0 unspecified atom stereocenters. The lowest BCUT2D eigenvalue weighted by Crippen LogP contribution is -2.14. The summed E-state index contributed by atoms with van der Waals surface area (Å²) in [6.45, 7) is 0.433. The van der Waals surface area contributed by atoms with Crippen molar-refractivity contribution in [2.45, 2.75) is 11.7 Å². The Morgan fingerprint density at radius 3 is 2.56 bits per heavy atom. The number of nitrogens with zero attached hydrogens (tertiary/aromatic N) is 3. The lowest BCUT2D eigenvalue weighted by molar-refractivity contribution is -0.115. The maximum Gasteiger partial charge on any atom is 0.227 e. The van der Waals surface area contributed by atoms with E-state index in [1.165, 1.54) is 11.8 Å². The summed E-state index contributed by atoms with van der Waals surface area (Å²) in [7, 11) is 0. The van der Waals surface area contributed by atoms with Crippen LogP contribution in [-0.4, -0.2) is 26.4 Å². The standard InChI is InChI=1S/C17H16ClN5OS/c18-13-8-4-5-9-14(13)20-10-16-21-22-17(25-11-15(19)24)23(16)12-6-2-1-3-7-12/h1-9,20H,10-11H2,(H2,19,24). The molecule has 0 radical (unpaired) electrons. The molecule has 128 valence electrons. The lowest BCUT2D eigenvalue weighted by atomic mass is 10.3. The van der Waals surface area contributed by atoms with Crippen molar-refractivity contribution in [2.24, 2.45) is 5.73 Å². The number of nitrogens with two attached hydrogens (primary N) is 1. The molecule has 3 aromatic rings. The van der Waals surface area contributed by atoms with E-state index in [2.05, 4.69) is 15.5 Å². The van der Waals surface area contributed by atoms with Crippen LogP contribution in [-0.2, 0) is 11.3 Å². The summed E-state index contributed by atoms with van der Waals surface area (Å²) in [6, 6.07) is 17.2. The number of hydrogen-bond acceptors (Lipinski definition) is 5. The average molecular weight is 374 g/mol. The van der Waals surface area contributed by atoms with Gasteiger partial charge in [-0.3, -0.25) is 9.36 Å². The van der Waals surface area contributed by atoms with Crippen LogP contribution >= 0.6 is 23.4 Å². The Hall–Kier alpha value is -2.51. The molecule has 1 heterocycles. The van der Waals surface area contributed by atoms with Crippen LogP contribution in [0.4, 0.5) is 5.69 Å². The van der Waals surface area contributed by atoms with Gasteiger partial charge in [0.25, 0.3) is 0 Å². The second kappa shape index (κ2) is 8.04. The van der Waals surface area contributed by atoms with E-state index in [1.54, 1.807) is 0 Å². The molecule has 0 fully saturated rings. The number of benzene rings is 2. The molecular formula is C17H16ClN5OS. The Bertz CT molecular complexity index is 868. The monoisotopic (exact) mass is 373 g/mol. The number of thioether (sulfide) groups is 1. The average Bonchev–Trinajstić information content (AvgIpc) is 3.03. The fraction of sp³-hybridized carbons (Fsp3) is 0.118. The lowest BCUT2D eigenvalue weighted by Gasteiger charge is -2.11. The molecule has 0 aliphatic rings. The maximum atomic E-state index is 11.1. The van der Waals surface area contributed by atoms with Gasteiger partial charge in [-0.05, 0) is 24.3 Å². The molecule has 0 spiro atoms. The first-order valence-electron chi connectivity index (χ1n) is 7.54. The van der Waals surface area contributed by atoms with Gasteiger partial charge in [0.2, 0.25) is 5.91 Å². The van der Waals surface area contributed by atoms with Crippen LogP contribution in [0.3, 0.4) is 0 Å². The van der Waals surface area contributed by atoms with Gasteiger partial charge in [0.05, 0.1) is 23.0 Å². The summed E-state index contributed by atoms with van der Waals surface area (Å²) < 4.78 is 1.90. The molecule has 8 heteroatoms. The Balaban J connectivity index is 1.88. The smallest absolute Gasteiger partial charge is 0.227 e. The molecule has 25 heavy (non-hydrogen) atoms. The number of primary amides is 1. The van der Waals surface area contributed by atoms with Gasteiger partial charge in [0.1, 0.15) is 0 Å². The van der Waals surface area contributed by atoms with Crippen LogP contribution in [0.2, 0.25) is 5.02 Å². The third-order valence-electron chi connectivity index (χ3n) is 3.37. The molecule has 1 aromatic heterocycles.